The Hall–Kier alpha value is -2.93. The van der Waals surface area contributed by atoms with E-state index in [2.05, 4.69) is 20.6 Å². The Kier molecular flexibility index (Phi) is 3.62. The van der Waals surface area contributed by atoms with Gasteiger partial charge in [0.15, 0.2) is 23.6 Å². The van der Waals surface area contributed by atoms with Gasteiger partial charge in [-0.2, -0.15) is 0 Å². The van der Waals surface area contributed by atoms with Crippen molar-refractivity contribution in [3.8, 4) is 11.5 Å². The molecule has 2 aromatic rings. The van der Waals surface area contributed by atoms with Crippen LogP contribution in [0.2, 0.25) is 5.02 Å². The maximum absolute atomic E-state index is 5.89. The molecule has 2 aliphatic rings. The van der Waals surface area contributed by atoms with E-state index in [0.29, 0.717) is 22.5 Å². The molecule has 2 aliphatic heterocycles. The molecule has 4 N–H and O–H groups in total. The summed E-state index contributed by atoms with van der Waals surface area (Å²) in [5.41, 5.74) is 7.58. The normalized spacial score (nSPS) is 18.5. The van der Waals surface area contributed by atoms with Crippen LogP contribution in [0.1, 0.15) is 11.7 Å². The first-order valence-corrected chi connectivity index (χ1v) is 7.65. The smallest absolute Gasteiger partial charge is 0.231 e. The molecule has 0 spiro atoms. The first kappa shape index (κ1) is 14.6. The van der Waals surface area contributed by atoms with Gasteiger partial charge in [0.05, 0.1) is 0 Å². The third-order valence-corrected chi connectivity index (χ3v) is 3.81. The lowest BCUT2D eigenvalue weighted by Crippen LogP contribution is -2.43. The average Bonchev–Trinajstić information content (AvgIpc) is 3.04. The Morgan fingerprint density at radius 2 is 1.88 bits per heavy atom. The van der Waals surface area contributed by atoms with Crippen LogP contribution in [0, 0.1) is 0 Å². The van der Waals surface area contributed by atoms with Crippen molar-refractivity contribution in [2.24, 2.45) is 15.7 Å². The Morgan fingerprint density at radius 3 is 2.71 bits per heavy atom. The SMILES string of the molecule is NC1=NC(c2ccc3c(c2)OCO3)N=C(Nc2ccc(Cl)cc2)N1. The van der Waals surface area contributed by atoms with Gasteiger partial charge in [0.2, 0.25) is 12.8 Å². The van der Waals surface area contributed by atoms with Crippen molar-refractivity contribution in [2.45, 2.75) is 6.17 Å². The molecule has 2 heterocycles. The van der Waals surface area contributed by atoms with E-state index in [1.165, 1.54) is 0 Å². The van der Waals surface area contributed by atoms with Crippen LogP contribution in [-0.2, 0) is 0 Å². The second kappa shape index (κ2) is 5.93. The highest BCUT2D eigenvalue weighted by Gasteiger charge is 2.20. The number of guanidine groups is 2. The molecule has 24 heavy (non-hydrogen) atoms. The fourth-order valence-electron chi connectivity index (χ4n) is 2.43. The van der Waals surface area contributed by atoms with E-state index in [9.17, 15) is 0 Å². The number of hydrogen-bond donors (Lipinski definition) is 3. The van der Waals surface area contributed by atoms with Gasteiger partial charge in [-0.15, -0.1) is 0 Å². The number of aliphatic imine (C=N–C) groups is 2. The predicted molar refractivity (Wildman–Crippen MR) is 92.6 cm³/mol. The van der Waals surface area contributed by atoms with Gasteiger partial charge in [-0.25, -0.2) is 9.98 Å². The summed E-state index contributed by atoms with van der Waals surface area (Å²) in [6, 6.07) is 12.9. The molecule has 1 atom stereocenters. The van der Waals surface area contributed by atoms with E-state index in [0.717, 1.165) is 11.3 Å². The number of fused-ring (bicyclic) bond motifs is 1. The molecule has 7 nitrogen and oxygen atoms in total. The van der Waals surface area contributed by atoms with Gasteiger partial charge in [0, 0.05) is 16.3 Å². The van der Waals surface area contributed by atoms with E-state index in [-0.39, 0.29) is 12.8 Å². The van der Waals surface area contributed by atoms with Crippen LogP contribution >= 0.6 is 11.6 Å². The molecule has 0 radical (unpaired) electrons. The van der Waals surface area contributed by atoms with Crippen molar-refractivity contribution >= 4 is 29.2 Å². The average molecular weight is 344 g/mol. The van der Waals surface area contributed by atoms with Crippen molar-refractivity contribution in [1.82, 2.24) is 5.32 Å². The Balaban J connectivity index is 1.59. The minimum absolute atomic E-state index is 0.225. The van der Waals surface area contributed by atoms with Gasteiger partial charge in [-0.1, -0.05) is 17.7 Å². The number of rotatable bonds is 2. The molecule has 1 unspecified atom stereocenters. The zero-order valence-electron chi connectivity index (χ0n) is 12.5. The zero-order chi connectivity index (χ0) is 16.5. The second-order valence-electron chi connectivity index (χ2n) is 5.24. The topological polar surface area (TPSA) is 93.3 Å². The predicted octanol–water partition coefficient (Wildman–Crippen LogP) is 2.45. The van der Waals surface area contributed by atoms with Crippen molar-refractivity contribution < 1.29 is 9.47 Å². The number of ether oxygens (including phenoxy) is 2. The molecule has 0 fully saturated rings. The summed E-state index contributed by atoms with van der Waals surface area (Å²) < 4.78 is 10.7. The van der Waals surface area contributed by atoms with Gasteiger partial charge < -0.3 is 20.5 Å². The minimum atomic E-state index is -0.462. The molecule has 8 heteroatoms. The van der Waals surface area contributed by atoms with E-state index in [4.69, 9.17) is 26.8 Å². The fraction of sp³-hybridized carbons (Fsp3) is 0.125. The second-order valence-corrected chi connectivity index (χ2v) is 5.67. The quantitative estimate of drug-likeness (QED) is 0.778. The summed E-state index contributed by atoms with van der Waals surface area (Å²) in [7, 11) is 0. The largest absolute Gasteiger partial charge is 0.454 e. The monoisotopic (exact) mass is 343 g/mol. The number of nitrogens with zero attached hydrogens (tertiary/aromatic N) is 2. The lowest BCUT2D eigenvalue weighted by atomic mass is 10.1. The summed E-state index contributed by atoms with van der Waals surface area (Å²) in [6.45, 7) is 0.225. The van der Waals surface area contributed by atoms with Gasteiger partial charge in [-0.3, -0.25) is 5.32 Å². The lowest BCUT2D eigenvalue weighted by molar-refractivity contribution is 0.174. The van der Waals surface area contributed by atoms with Crippen LogP contribution in [-0.4, -0.2) is 18.7 Å². The minimum Gasteiger partial charge on any atom is -0.454 e. The van der Waals surface area contributed by atoms with Crippen LogP contribution in [0.4, 0.5) is 5.69 Å². The summed E-state index contributed by atoms with van der Waals surface area (Å²) in [4.78, 5) is 8.87. The highest BCUT2D eigenvalue weighted by molar-refractivity contribution is 6.30. The molecule has 0 saturated carbocycles. The fourth-order valence-corrected chi connectivity index (χ4v) is 2.55. The number of nitrogens with two attached hydrogens (primary N) is 1. The van der Waals surface area contributed by atoms with E-state index in [1.54, 1.807) is 12.1 Å². The molecule has 2 aromatic carbocycles. The number of anilines is 1. The van der Waals surface area contributed by atoms with Crippen molar-refractivity contribution in [3.63, 3.8) is 0 Å². The zero-order valence-corrected chi connectivity index (χ0v) is 13.2. The van der Waals surface area contributed by atoms with Gasteiger partial charge in [0.1, 0.15) is 0 Å². The summed E-state index contributed by atoms with van der Waals surface area (Å²) in [5.74, 6) is 2.19. The van der Waals surface area contributed by atoms with Crippen LogP contribution in [0.5, 0.6) is 11.5 Å². The maximum Gasteiger partial charge on any atom is 0.231 e. The van der Waals surface area contributed by atoms with E-state index in [1.807, 2.05) is 30.3 Å². The van der Waals surface area contributed by atoms with Crippen LogP contribution in [0.25, 0.3) is 0 Å². The summed E-state index contributed by atoms with van der Waals surface area (Å²) in [5, 5.41) is 6.73. The molecule has 0 aliphatic carbocycles. The van der Waals surface area contributed by atoms with Gasteiger partial charge >= 0.3 is 0 Å². The van der Waals surface area contributed by atoms with E-state index >= 15 is 0 Å². The third-order valence-electron chi connectivity index (χ3n) is 3.56. The van der Waals surface area contributed by atoms with Gasteiger partial charge in [0.25, 0.3) is 0 Å². The number of halogens is 1. The Labute approximate surface area is 143 Å². The first-order valence-electron chi connectivity index (χ1n) is 7.27. The van der Waals surface area contributed by atoms with Crippen molar-refractivity contribution in [1.29, 1.82) is 0 Å². The van der Waals surface area contributed by atoms with E-state index < -0.39 is 6.17 Å². The first-order chi connectivity index (χ1) is 11.7. The number of nitrogens with one attached hydrogen (secondary N) is 2. The van der Waals surface area contributed by atoms with Crippen molar-refractivity contribution in [2.75, 3.05) is 12.1 Å². The Bertz CT molecular complexity index is 835. The van der Waals surface area contributed by atoms with Crippen molar-refractivity contribution in [3.05, 3.63) is 53.1 Å². The number of hydrogen-bond acceptors (Lipinski definition) is 7. The molecule has 0 bridgehead atoms. The number of benzene rings is 2. The van der Waals surface area contributed by atoms with Gasteiger partial charge in [-0.05, 0) is 36.4 Å². The van der Waals surface area contributed by atoms with Crippen LogP contribution in [0.15, 0.2) is 52.4 Å². The Morgan fingerprint density at radius 1 is 1.08 bits per heavy atom. The molecule has 0 saturated heterocycles. The molecule has 4 rings (SSSR count). The lowest BCUT2D eigenvalue weighted by Gasteiger charge is -2.20. The highest BCUT2D eigenvalue weighted by atomic mass is 35.5. The highest BCUT2D eigenvalue weighted by Crippen LogP contribution is 2.35. The maximum atomic E-state index is 5.89. The molecule has 0 amide bonds. The van der Waals surface area contributed by atoms with Crippen LogP contribution < -0.4 is 25.8 Å². The molecular formula is C16H14ClN5O2. The standard InChI is InChI=1S/C16H14ClN5O2/c17-10-2-4-11(5-3-10)19-16-21-14(20-15(18)22-16)9-1-6-12-13(7-9)24-8-23-12/h1-7,14H,8H2,(H4,18,19,20,21,22). The molecule has 0 aromatic heterocycles. The summed E-state index contributed by atoms with van der Waals surface area (Å²) >= 11 is 5.89. The summed E-state index contributed by atoms with van der Waals surface area (Å²) in [6.07, 6.45) is -0.462. The van der Waals surface area contributed by atoms with Crippen LogP contribution in [0.3, 0.4) is 0 Å². The molecular weight excluding hydrogens is 330 g/mol. The third kappa shape index (κ3) is 2.93. The molecule has 122 valence electrons.